The Morgan fingerprint density at radius 1 is 1.30 bits per heavy atom. The summed E-state index contributed by atoms with van der Waals surface area (Å²) in [5, 5.41) is 9.36. The highest BCUT2D eigenvalue weighted by Gasteiger charge is 2.21. The van der Waals surface area contributed by atoms with Gasteiger partial charge in [-0.3, -0.25) is 0 Å². The van der Waals surface area contributed by atoms with Gasteiger partial charge in [0.05, 0.1) is 12.6 Å². The number of aliphatic hydroxyl groups excluding tert-OH is 1. The maximum Gasteiger partial charge on any atom is 0.279 e. The van der Waals surface area contributed by atoms with Crippen molar-refractivity contribution in [3.63, 3.8) is 0 Å². The molecule has 1 aromatic carbocycles. The Labute approximate surface area is 121 Å². The maximum atomic E-state index is 12.1. The molecular weight excluding hydrogens is 276 g/mol. The molecule has 0 aromatic heterocycles. The Morgan fingerprint density at radius 2 is 1.95 bits per heavy atom. The molecule has 1 aromatic rings. The van der Waals surface area contributed by atoms with Crippen LogP contribution in [0.2, 0.25) is 0 Å². The van der Waals surface area contributed by atoms with Crippen LogP contribution in [-0.2, 0) is 16.6 Å². The maximum absolute atomic E-state index is 12.1. The van der Waals surface area contributed by atoms with E-state index >= 15 is 0 Å². The SMILES string of the molecule is CCCCN(C)S(=O)(=O)N[C@@H](CO)Cc1ccccc1. The van der Waals surface area contributed by atoms with E-state index in [9.17, 15) is 13.5 Å². The normalized spacial score (nSPS) is 13.6. The van der Waals surface area contributed by atoms with Crippen molar-refractivity contribution in [1.82, 2.24) is 9.03 Å². The first kappa shape index (κ1) is 17.1. The molecule has 0 saturated carbocycles. The lowest BCUT2D eigenvalue weighted by Crippen LogP contribution is -2.46. The van der Waals surface area contributed by atoms with Crippen LogP contribution in [0.3, 0.4) is 0 Å². The number of rotatable bonds is 9. The van der Waals surface area contributed by atoms with Crippen LogP contribution >= 0.6 is 0 Å². The number of unbranched alkanes of at least 4 members (excludes halogenated alkanes) is 1. The Morgan fingerprint density at radius 3 is 2.50 bits per heavy atom. The number of hydrogen-bond donors (Lipinski definition) is 2. The van der Waals surface area contributed by atoms with E-state index in [0.29, 0.717) is 13.0 Å². The molecule has 1 atom stereocenters. The summed E-state index contributed by atoms with van der Waals surface area (Å²) in [6, 6.07) is 9.01. The summed E-state index contributed by atoms with van der Waals surface area (Å²) in [5.41, 5.74) is 0.991. The van der Waals surface area contributed by atoms with E-state index in [4.69, 9.17) is 0 Å². The van der Waals surface area contributed by atoms with Gasteiger partial charge in [0.15, 0.2) is 0 Å². The third-order valence-corrected chi connectivity index (χ3v) is 4.73. The van der Waals surface area contributed by atoms with Crippen LogP contribution in [0.1, 0.15) is 25.3 Å². The molecule has 0 saturated heterocycles. The van der Waals surface area contributed by atoms with Crippen molar-refractivity contribution in [1.29, 1.82) is 0 Å². The van der Waals surface area contributed by atoms with Gasteiger partial charge in [-0.15, -0.1) is 0 Å². The van der Waals surface area contributed by atoms with Crippen molar-refractivity contribution in [3.05, 3.63) is 35.9 Å². The zero-order valence-electron chi connectivity index (χ0n) is 12.1. The molecule has 0 fully saturated rings. The standard InChI is InChI=1S/C14H24N2O3S/c1-3-4-10-16(2)20(18,19)15-14(12-17)11-13-8-6-5-7-9-13/h5-9,14-15,17H,3-4,10-12H2,1-2H3/t14-/m1/s1. The highest BCUT2D eigenvalue weighted by molar-refractivity contribution is 7.87. The molecular formula is C14H24N2O3S. The minimum absolute atomic E-state index is 0.226. The van der Waals surface area contributed by atoms with Crippen molar-refractivity contribution in [3.8, 4) is 0 Å². The van der Waals surface area contributed by atoms with Crippen molar-refractivity contribution < 1.29 is 13.5 Å². The molecule has 0 amide bonds. The minimum Gasteiger partial charge on any atom is -0.395 e. The predicted octanol–water partition coefficient (Wildman–Crippen LogP) is 1.16. The van der Waals surface area contributed by atoms with Crippen LogP contribution in [0.15, 0.2) is 30.3 Å². The molecule has 0 bridgehead atoms. The lowest BCUT2D eigenvalue weighted by molar-refractivity contribution is 0.254. The molecule has 0 unspecified atom stereocenters. The number of nitrogens with zero attached hydrogens (tertiary/aromatic N) is 1. The quantitative estimate of drug-likeness (QED) is 0.719. The molecule has 0 aliphatic heterocycles. The van der Waals surface area contributed by atoms with Gasteiger partial charge in [-0.1, -0.05) is 43.7 Å². The van der Waals surface area contributed by atoms with Gasteiger partial charge in [-0.2, -0.15) is 17.4 Å². The molecule has 0 heterocycles. The van der Waals surface area contributed by atoms with Gasteiger partial charge in [0.1, 0.15) is 0 Å². The van der Waals surface area contributed by atoms with Crippen LogP contribution in [-0.4, -0.2) is 44.1 Å². The van der Waals surface area contributed by atoms with E-state index in [1.807, 2.05) is 37.3 Å². The van der Waals surface area contributed by atoms with Crippen LogP contribution in [0.4, 0.5) is 0 Å². The second kappa shape index (κ2) is 8.36. The van der Waals surface area contributed by atoms with E-state index in [-0.39, 0.29) is 6.61 Å². The summed E-state index contributed by atoms with van der Waals surface area (Å²) in [7, 11) is -1.99. The molecule has 6 heteroatoms. The van der Waals surface area contributed by atoms with Crippen LogP contribution < -0.4 is 4.72 Å². The summed E-state index contributed by atoms with van der Waals surface area (Å²) in [4.78, 5) is 0. The first-order valence-corrected chi connectivity index (χ1v) is 8.32. The van der Waals surface area contributed by atoms with Crippen LogP contribution in [0, 0.1) is 0 Å². The third kappa shape index (κ3) is 5.58. The van der Waals surface area contributed by atoms with Gasteiger partial charge in [-0.05, 0) is 18.4 Å². The van der Waals surface area contributed by atoms with E-state index in [1.54, 1.807) is 7.05 Å². The van der Waals surface area contributed by atoms with Gasteiger partial charge in [0.2, 0.25) is 0 Å². The summed E-state index contributed by atoms with van der Waals surface area (Å²) < 4.78 is 28.0. The topological polar surface area (TPSA) is 69.6 Å². The lowest BCUT2D eigenvalue weighted by atomic mass is 10.1. The largest absolute Gasteiger partial charge is 0.395 e. The molecule has 20 heavy (non-hydrogen) atoms. The number of aliphatic hydroxyl groups is 1. The van der Waals surface area contributed by atoms with E-state index in [0.717, 1.165) is 18.4 Å². The van der Waals surface area contributed by atoms with Crippen LogP contribution in [0.25, 0.3) is 0 Å². The smallest absolute Gasteiger partial charge is 0.279 e. The minimum atomic E-state index is -3.54. The lowest BCUT2D eigenvalue weighted by Gasteiger charge is -2.22. The molecule has 2 N–H and O–H groups in total. The molecule has 0 spiro atoms. The summed E-state index contributed by atoms with van der Waals surface area (Å²) >= 11 is 0. The average Bonchev–Trinajstić information content (AvgIpc) is 2.44. The summed E-state index contributed by atoms with van der Waals surface area (Å²) in [6.45, 7) is 2.27. The molecule has 5 nitrogen and oxygen atoms in total. The summed E-state index contributed by atoms with van der Waals surface area (Å²) in [6.07, 6.45) is 2.23. The van der Waals surface area contributed by atoms with Gasteiger partial charge >= 0.3 is 0 Å². The average molecular weight is 300 g/mol. The molecule has 0 aliphatic carbocycles. The monoisotopic (exact) mass is 300 g/mol. The van der Waals surface area contributed by atoms with Gasteiger partial charge < -0.3 is 5.11 Å². The zero-order chi connectivity index (χ0) is 15.0. The first-order valence-electron chi connectivity index (χ1n) is 6.88. The van der Waals surface area contributed by atoms with Crippen molar-refractivity contribution >= 4 is 10.2 Å². The zero-order valence-corrected chi connectivity index (χ0v) is 12.9. The van der Waals surface area contributed by atoms with E-state index < -0.39 is 16.3 Å². The fraction of sp³-hybridized carbons (Fsp3) is 0.571. The number of nitrogens with one attached hydrogen (secondary N) is 1. The Kier molecular flexibility index (Phi) is 7.15. The number of benzene rings is 1. The predicted molar refractivity (Wildman–Crippen MR) is 80.6 cm³/mol. The Balaban J connectivity index is 2.63. The Hall–Kier alpha value is -0.950. The van der Waals surface area contributed by atoms with E-state index in [1.165, 1.54) is 4.31 Å². The van der Waals surface area contributed by atoms with Crippen molar-refractivity contribution in [2.45, 2.75) is 32.2 Å². The molecule has 1 rings (SSSR count). The summed E-state index contributed by atoms with van der Waals surface area (Å²) in [5.74, 6) is 0. The second-order valence-corrected chi connectivity index (χ2v) is 6.68. The molecule has 0 aliphatic rings. The van der Waals surface area contributed by atoms with Crippen LogP contribution in [0.5, 0.6) is 0 Å². The highest BCUT2D eigenvalue weighted by atomic mass is 32.2. The molecule has 0 radical (unpaired) electrons. The highest BCUT2D eigenvalue weighted by Crippen LogP contribution is 2.06. The fourth-order valence-electron chi connectivity index (χ4n) is 1.84. The van der Waals surface area contributed by atoms with E-state index in [2.05, 4.69) is 4.72 Å². The first-order chi connectivity index (χ1) is 9.49. The van der Waals surface area contributed by atoms with Crippen molar-refractivity contribution in [2.75, 3.05) is 20.2 Å². The Bertz CT molecular complexity index is 476. The van der Waals surface area contributed by atoms with Gasteiger partial charge in [0, 0.05) is 13.6 Å². The third-order valence-electron chi connectivity index (χ3n) is 3.10. The van der Waals surface area contributed by atoms with Gasteiger partial charge in [-0.25, -0.2) is 0 Å². The fourth-order valence-corrected chi connectivity index (χ4v) is 2.97. The second-order valence-electron chi connectivity index (χ2n) is 4.87. The molecule has 114 valence electrons. The van der Waals surface area contributed by atoms with Crippen molar-refractivity contribution in [2.24, 2.45) is 0 Å². The van der Waals surface area contributed by atoms with Gasteiger partial charge in [0.25, 0.3) is 10.2 Å². The number of hydrogen-bond acceptors (Lipinski definition) is 3.